The number of nitrogens with zero attached hydrogens (tertiary/aromatic N) is 1. The number of rotatable bonds is 7. The lowest BCUT2D eigenvalue weighted by molar-refractivity contribution is -0.952. The van der Waals surface area contributed by atoms with E-state index in [2.05, 4.69) is 27.8 Å². The molecule has 0 N–H and O–H groups in total. The molecule has 0 aromatic rings. The molecular weight excluding hydrogens is 254 g/mol. The first kappa shape index (κ1) is 17.3. The van der Waals surface area contributed by atoms with Crippen molar-refractivity contribution < 1.29 is 4.48 Å². The van der Waals surface area contributed by atoms with E-state index in [0.717, 1.165) is 11.8 Å². The Morgan fingerprint density at radius 1 is 1.10 bits per heavy atom. The normalized spacial score (nSPS) is 36.0. The van der Waals surface area contributed by atoms with Gasteiger partial charge in [-0.25, -0.2) is 0 Å². The van der Waals surface area contributed by atoms with Crippen LogP contribution in [0.25, 0.3) is 0 Å². The summed E-state index contributed by atoms with van der Waals surface area (Å²) < 4.78 is 1.39. The van der Waals surface area contributed by atoms with Gasteiger partial charge in [-0.15, -0.1) is 0 Å². The van der Waals surface area contributed by atoms with Crippen LogP contribution < -0.4 is 0 Å². The van der Waals surface area contributed by atoms with Gasteiger partial charge >= 0.3 is 0 Å². The monoisotopic (exact) mass is 294 g/mol. The minimum Gasteiger partial charge on any atom is -0.321 e. The van der Waals surface area contributed by atoms with E-state index in [9.17, 15) is 0 Å². The fourth-order valence-electron chi connectivity index (χ4n) is 5.47. The smallest absolute Gasteiger partial charge is 0.0992 e. The molecule has 1 nitrogen and oxygen atoms in total. The fraction of sp³-hybridized carbons (Fsp3) is 1.00. The van der Waals surface area contributed by atoms with E-state index in [1.54, 1.807) is 0 Å². The van der Waals surface area contributed by atoms with Gasteiger partial charge in [0.2, 0.25) is 0 Å². The van der Waals surface area contributed by atoms with Crippen LogP contribution in [0.1, 0.15) is 91.4 Å². The molecule has 2 rings (SSSR count). The summed E-state index contributed by atoms with van der Waals surface area (Å²) in [7, 11) is 2.61. The average Bonchev–Trinajstić information content (AvgIpc) is 2.81. The predicted molar refractivity (Wildman–Crippen MR) is 93.4 cm³/mol. The zero-order valence-corrected chi connectivity index (χ0v) is 15.3. The maximum atomic E-state index is 2.66. The molecule has 1 aliphatic heterocycles. The van der Waals surface area contributed by atoms with Crippen molar-refractivity contribution in [1.29, 1.82) is 0 Å². The quantitative estimate of drug-likeness (QED) is 0.522. The van der Waals surface area contributed by atoms with E-state index >= 15 is 0 Å². The van der Waals surface area contributed by atoms with Gasteiger partial charge in [-0.1, -0.05) is 46.0 Å². The zero-order valence-electron chi connectivity index (χ0n) is 15.3. The Balaban J connectivity index is 2.06. The number of hydrogen-bond donors (Lipinski definition) is 0. The predicted octanol–water partition coefficient (Wildman–Crippen LogP) is 5.78. The van der Waals surface area contributed by atoms with Gasteiger partial charge in [-0.2, -0.15) is 0 Å². The molecule has 0 aromatic carbocycles. The summed E-state index contributed by atoms with van der Waals surface area (Å²) >= 11 is 0. The zero-order chi connectivity index (χ0) is 15.3. The first-order chi connectivity index (χ1) is 10.1. The van der Waals surface area contributed by atoms with Crippen LogP contribution in [0.15, 0.2) is 0 Å². The molecule has 0 amide bonds. The number of likely N-dealkylation sites (tertiary alicyclic amines) is 1. The second kappa shape index (κ2) is 7.49. The van der Waals surface area contributed by atoms with Crippen molar-refractivity contribution in [2.75, 3.05) is 20.1 Å². The molecule has 0 aromatic heterocycles. The second-order valence-electron chi connectivity index (χ2n) is 8.51. The highest BCUT2D eigenvalue weighted by molar-refractivity contribution is 4.90. The Bertz CT molecular complexity index is 307. The first-order valence-electron chi connectivity index (χ1n) is 9.90. The highest BCUT2D eigenvalue weighted by atomic mass is 15.4. The van der Waals surface area contributed by atoms with Crippen molar-refractivity contribution in [3.8, 4) is 0 Å². The highest BCUT2D eigenvalue weighted by Gasteiger charge is 2.53. The summed E-state index contributed by atoms with van der Waals surface area (Å²) in [5.74, 6) is 1.96. The third-order valence-corrected chi connectivity index (χ3v) is 7.26. The molecule has 1 saturated carbocycles. The lowest BCUT2D eigenvalue weighted by Gasteiger charge is -2.51. The summed E-state index contributed by atoms with van der Waals surface area (Å²) in [5, 5.41) is 0. The van der Waals surface area contributed by atoms with Gasteiger partial charge < -0.3 is 4.48 Å². The molecule has 2 fully saturated rings. The molecule has 1 heterocycles. The molecule has 21 heavy (non-hydrogen) atoms. The van der Waals surface area contributed by atoms with Crippen molar-refractivity contribution in [1.82, 2.24) is 0 Å². The highest BCUT2D eigenvalue weighted by Crippen LogP contribution is 2.47. The number of unbranched alkanes of at least 4 members (excludes halogenated alkanes) is 1. The Kier molecular flexibility index (Phi) is 6.17. The topological polar surface area (TPSA) is 0 Å². The summed E-state index contributed by atoms with van der Waals surface area (Å²) in [6.07, 6.45) is 16.1. The van der Waals surface area contributed by atoms with Gasteiger partial charge in [0.25, 0.3) is 0 Å². The van der Waals surface area contributed by atoms with Gasteiger partial charge in [0.1, 0.15) is 0 Å². The van der Waals surface area contributed by atoms with Gasteiger partial charge in [0.15, 0.2) is 0 Å². The molecule has 0 bridgehead atoms. The third-order valence-electron chi connectivity index (χ3n) is 7.26. The number of hydrogen-bond acceptors (Lipinski definition) is 0. The van der Waals surface area contributed by atoms with Gasteiger partial charge in [-0.3, -0.25) is 0 Å². The fourth-order valence-corrected chi connectivity index (χ4v) is 5.47. The van der Waals surface area contributed by atoms with E-state index in [1.807, 2.05) is 0 Å². The van der Waals surface area contributed by atoms with Crippen LogP contribution in [0.2, 0.25) is 0 Å². The molecule has 1 aliphatic carbocycles. The van der Waals surface area contributed by atoms with E-state index in [4.69, 9.17) is 0 Å². The second-order valence-corrected chi connectivity index (χ2v) is 8.51. The van der Waals surface area contributed by atoms with E-state index in [1.165, 1.54) is 88.2 Å². The van der Waals surface area contributed by atoms with Crippen molar-refractivity contribution in [3.63, 3.8) is 0 Å². The minimum absolute atomic E-state index is 0.583. The molecule has 1 saturated heterocycles. The molecule has 0 radical (unpaired) electrons. The van der Waals surface area contributed by atoms with Crippen molar-refractivity contribution >= 4 is 0 Å². The molecule has 2 aliphatic rings. The van der Waals surface area contributed by atoms with E-state index < -0.39 is 0 Å². The van der Waals surface area contributed by atoms with Crippen molar-refractivity contribution in [2.45, 2.75) is 96.9 Å². The van der Waals surface area contributed by atoms with E-state index in [0.29, 0.717) is 5.54 Å². The Hall–Kier alpha value is -0.0400. The maximum absolute atomic E-state index is 2.66. The first-order valence-corrected chi connectivity index (χ1v) is 9.90. The largest absolute Gasteiger partial charge is 0.321 e. The molecule has 1 heteroatoms. The van der Waals surface area contributed by atoms with E-state index in [-0.39, 0.29) is 0 Å². The van der Waals surface area contributed by atoms with Gasteiger partial charge in [0, 0.05) is 24.7 Å². The minimum atomic E-state index is 0.583. The Morgan fingerprint density at radius 3 is 2.43 bits per heavy atom. The van der Waals surface area contributed by atoms with Crippen LogP contribution >= 0.6 is 0 Å². The maximum Gasteiger partial charge on any atom is 0.0992 e. The van der Waals surface area contributed by atoms with Crippen LogP contribution in [0.5, 0.6) is 0 Å². The van der Waals surface area contributed by atoms with Crippen LogP contribution in [-0.2, 0) is 0 Å². The molecule has 3 unspecified atom stereocenters. The summed E-state index contributed by atoms with van der Waals surface area (Å²) in [5.41, 5.74) is 0.583. The summed E-state index contributed by atoms with van der Waals surface area (Å²) in [6.45, 7) is 10.3. The summed E-state index contributed by atoms with van der Waals surface area (Å²) in [6, 6.07) is 0. The van der Waals surface area contributed by atoms with Gasteiger partial charge in [-0.05, 0) is 32.6 Å². The lowest BCUT2D eigenvalue weighted by Crippen LogP contribution is -2.61. The lowest BCUT2D eigenvalue weighted by atomic mass is 9.73. The van der Waals surface area contributed by atoms with Crippen LogP contribution in [-0.4, -0.2) is 30.2 Å². The molecular formula is C20H40N+. The average molecular weight is 295 g/mol. The molecule has 0 spiro atoms. The van der Waals surface area contributed by atoms with Gasteiger partial charge in [0.05, 0.1) is 25.7 Å². The summed E-state index contributed by atoms with van der Waals surface area (Å²) in [4.78, 5) is 0. The number of quaternary nitrogens is 1. The van der Waals surface area contributed by atoms with Crippen LogP contribution in [0.3, 0.4) is 0 Å². The van der Waals surface area contributed by atoms with Crippen LogP contribution in [0.4, 0.5) is 0 Å². The Labute approximate surface area is 134 Å². The van der Waals surface area contributed by atoms with Crippen molar-refractivity contribution in [3.05, 3.63) is 0 Å². The SMILES string of the molecule is CCCCC(CC)C[N+]1(C)CCCC1(C)C1CCCCC1. The standard InChI is InChI=1S/C20H40N/c1-5-7-12-18(6-2)17-21(4)16-11-15-20(21,3)19-13-9-8-10-14-19/h18-19H,5-17H2,1-4H3/q+1. The van der Waals surface area contributed by atoms with Crippen molar-refractivity contribution in [2.24, 2.45) is 11.8 Å². The Morgan fingerprint density at radius 2 is 1.81 bits per heavy atom. The molecule has 3 atom stereocenters. The third kappa shape index (κ3) is 3.66. The molecule has 124 valence electrons. The van der Waals surface area contributed by atoms with Crippen LogP contribution in [0, 0.1) is 11.8 Å².